The van der Waals surface area contributed by atoms with E-state index < -0.39 is 24.9 Å². The van der Waals surface area contributed by atoms with Crippen molar-refractivity contribution < 1.29 is 32.5 Å². The topological polar surface area (TPSA) is 55.8 Å². The number of alkyl halides is 4. The summed E-state index contributed by atoms with van der Waals surface area (Å²) < 4.78 is 45.8. The first kappa shape index (κ1) is 17.6. The van der Waals surface area contributed by atoms with Crippen molar-refractivity contribution in [2.45, 2.75) is 18.7 Å². The van der Waals surface area contributed by atoms with Crippen LogP contribution in [0, 0.1) is 0 Å². The molecule has 1 unspecified atom stereocenters. The van der Waals surface area contributed by atoms with Crippen LogP contribution in [-0.4, -0.2) is 42.4 Å². The van der Waals surface area contributed by atoms with Crippen LogP contribution in [0.4, 0.5) is 13.2 Å². The number of aliphatic carboxylic acids is 1. The first-order valence-electron chi connectivity index (χ1n) is 6.00. The van der Waals surface area contributed by atoms with E-state index >= 15 is 0 Å². The molecule has 0 heterocycles. The Hall–Kier alpha value is -1.47. The average molecular weight is 327 g/mol. The Bertz CT molecular complexity index is 448. The third-order valence-electron chi connectivity index (χ3n) is 2.41. The van der Waals surface area contributed by atoms with Gasteiger partial charge in [0.15, 0.2) is 6.10 Å². The van der Waals surface area contributed by atoms with E-state index in [9.17, 15) is 18.0 Å². The van der Waals surface area contributed by atoms with Crippen molar-refractivity contribution >= 4 is 17.6 Å². The zero-order valence-electron chi connectivity index (χ0n) is 10.9. The van der Waals surface area contributed by atoms with Crippen molar-refractivity contribution in [1.82, 2.24) is 0 Å². The SMILES string of the molecule is O=C(O)C(Cc1ccc(OCCCl)cc1)OCC(F)(F)F. The smallest absolute Gasteiger partial charge is 0.411 e. The summed E-state index contributed by atoms with van der Waals surface area (Å²) in [6, 6.07) is 6.31. The van der Waals surface area contributed by atoms with Gasteiger partial charge >= 0.3 is 12.1 Å². The lowest BCUT2D eigenvalue weighted by atomic mass is 10.1. The normalized spacial score (nSPS) is 13.0. The molecule has 0 aromatic heterocycles. The highest BCUT2D eigenvalue weighted by Gasteiger charge is 2.31. The number of hydrogen-bond donors (Lipinski definition) is 1. The molecule has 0 fully saturated rings. The van der Waals surface area contributed by atoms with Crippen LogP contribution in [0.25, 0.3) is 0 Å². The summed E-state index contributed by atoms with van der Waals surface area (Å²) in [7, 11) is 0. The van der Waals surface area contributed by atoms with E-state index in [-0.39, 0.29) is 6.42 Å². The van der Waals surface area contributed by atoms with Crippen LogP contribution < -0.4 is 4.74 Å². The molecule has 0 aliphatic rings. The number of carboxylic acid groups (broad SMARTS) is 1. The fraction of sp³-hybridized carbons (Fsp3) is 0.462. The van der Waals surface area contributed by atoms with Crippen LogP contribution in [0.15, 0.2) is 24.3 Å². The summed E-state index contributed by atoms with van der Waals surface area (Å²) >= 11 is 5.46. The van der Waals surface area contributed by atoms with E-state index in [1.54, 1.807) is 24.3 Å². The third-order valence-corrected chi connectivity index (χ3v) is 2.57. The molecule has 4 nitrogen and oxygen atoms in total. The van der Waals surface area contributed by atoms with Crippen LogP contribution in [0.3, 0.4) is 0 Å². The van der Waals surface area contributed by atoms with Crippen molar-refractivity contribution in [3.8, 4) is 5.75 Å². The zero-order chi connectivity index (χ0) is 15.9. The molecular weight excluding hydrogens is 313 g/mol. The standard InChI is InChI=1S/C13H14ClF3O4/c14-5-6-20-10-3-1-9(2-4-10)7-11(12(18)19)21-8-13(15,16)17/h1-4,11H,5-8H2,(H,18,19). The molecule has 1 aromatic carbocycles. The molecule has 0 radical (unpaired) electrons. The number of hydrogen-bond acceptors (Lipinski definition) is 3. The van der Waals surface area contributed by atoms with Crippen LogP contribution in [-0.2, 0) is 16.0 Å². The van der Waals surface area contributed by atoms with Gasteiger partial charge in [0.2, 0.25) is 0 Å². The van der Waals surface area contributed by atoms with Crippen LogP contribution in [0.1, 0.15) is 5.56 Å². The molecule has 118 valence electrons. The fourth-order valence-corrected chi connectivity index (χ4v) is 1.58. The molecule has 1 N–H and O–H groups in total. The number of benzene rings is 1. The molecule has 1 atom stereocenters. The monoisotopic (exact) mass is 326 g/mol. The van der Waals surface area contributed by atoms with Crippen molar-refractivity contribution in [1.29, 1.82) is 0 Å². The Balaban J connectivity index is 2.60. The molecule has 21 heavy (non-hydrogen) atoms. The maximum absolute atomic E-state index is 12.0. The van der Waals surface area contributed by atoms with Gasteiger partial charge in [-0.05, 0) is 17.7 Å². The van der Waals surface area contributed by atoms with Crippen molar-refractivity contribution in [2.75, 3.05) is 19.1 Å². The molecule has 0 amide bonds. The molecule has 0 aliphatic carbocycles. The van der Waals surface area contributed by atoms with Gasteiger partial charge in [0.05, 0.1) is 5.88 Å². The van der Waals surface area contributed by atoms with E-state index in [2.05, 4.69) is 4.74 Å². The third kappa shape index (κ3) is 7.19. The van der Waals surface area contributed by atoms with E-state index in [0.29, 0.717) is 23.8 Å². The number of carboxylic acids is 1. The number of halogens is 4. The van der Waals surface area contributed by atoms with Crippen LogP contribution >= 0.6 is 11.6 Å². The summed E-state index contributed by atoms with van der Waals surface area (Å²) in [5.74, 6) is -0.571. The Labute approximate surface area is 124 Å². The van der Waals surface area contributed by atoms with Gasteiger partial charge in [-0.25, -0.2) is 4.79 Å². The first-order chi connectivity index (χ1) is 9.81. The lowest BCUT2D eigenvalue weighted by molar-refractivity contribution is -0.192. The molecule has 1 rings (SSSR count). The molecule has 0 saturated heterocycles. The second kappa shape index (κ2) is 8.09. The summed E-state index contributed by atoms with van der Waals surface area (Å²) in [6.45, 7) is -1.27. The minimum atomic E-state index is -4.56. The Morgan fingerprint density at radius 3 is 2.38 bits per heavy atom. The number of rotatable bonds is 8. The minimum Gasteiger partial charge on any atom is -0.492 e. The molecule has 8 heteroatoms. The quantitative estimate of drug-likeness (QED) is 0.746. The summed E-state index contributed by atoms with van der Waals surface area (Å²) in [5, 5.41) is 8.87. The second-order valence-corrected chi connectivity index (χ2v) is 4.52. The van der Waals surface area contributed by atoms with Gasteiger partial charge < -0.3 is 14.6 Å². The van der Waals surface area contributed by atoms with E-state index in [4.69, 9.17) is 21.4 Å². The molecule has 0 bridgehead atoms. The summed E-state index contributed by atoms with van der Waals surface area (Å²) in [5.41, 5.74) is 0.530. The van der Waals surface area contributed by atoms with Crippen LogP contribution in [0.2, 0.25) is 0 Å². The maximum atomic E-state index is 12.0. The largest absolute Gasteiger partial charge is 0.492 e. The highest BCUT2D eigenvalue weighted by Crippen LogP contribution is 2.18. The summed E-state index contributed by atoms with van der Waals surface area (Å²) in [6.07, 6.45) is -6.28. The maximum Gasteiger partial charge on any atom is 0.411 e. The number of carbonyl (C=O) groups is 1. The highest BCUT2D eigenvalue weighted by molar-refractivity contribution is 6.18. The Morgan fingerprint density at radius 2 is 1.90 bits per heavy atom. The zero-order valence-corrected chi connectivity index (χ0v) is 11.7. The highest BCUT2D eigenvalue weighted by atomic mass is 35.5. The van der Waals surface area contributed by atoms with Gasteiger partial charge in [-0.3, -0.25) is 0 Å². The van der Waals surface area contributed by atoms with E-state index in [0.717, 1.165) is 0 Å². The lowest BCUT2D eigenvalue weighted by Gasteiger charge is -2.15. The van der Waals surface area contributed by atoms with E-state index in [1.807, 2.05) is 0 Å². The predicted molar refractivity (Wildman–Crippen MR) is 69.8 cm³/mol. The first-order valence-corrected chi connectivity index (χ1v) is 6.54. The molecule has 0 saturated carbocycles. The fourth-order valence-electron chi connectivity index (χ4n) is 1.50. The van der Waals surface area contributed by atoms with Gasteiger partial charge in [0.1, 0.15) is 19.0 Å². The van der Waals surface area contributed by atoms with Crippen molar-refractivity contribution in [2.24, 2.45) is 0 Å². The number of ether oxygens (including phenoxy) is 2. The molecule has 0 aliphatic heterocycles. The van der Waals surface area contributed by atoms with Gasteiger partial charge in [0, 0.05) is 6.42 Å². The average Bonchev–Trinajstić information content (AvgIpc) is 2.41. The minimum absolute atomic E-state index is 0.165. The predicted octanol–water partition coefficient (Wildman–Crippen LogP) is 2.88. The van der Waals surface area contributed by atoms with Gasteiger partial charge in [-0.1, -0.05) is 12.1 Å². The lowest BCUT2D eigenvalue weighted by Crippen LogP contribution is -2.31. The molecule has 0 spiro atoms. The van der Waals surface area contributed by atoms with E-state index in [1.165, 1.54) is 0 Å². The van der Waals surface area contributed by atoms with Gasteiger partial charge in [-0.15, -0.1) is 11.6 Å². The second-order valence-electron chi connectivity index (χ2n) is 4.14. The van der Waals surface area contributed by atoms with Crippen molar-refractivity contribution in [3.63, 3.8) is 0 Å². The Morgan fingerprint density at radius 1 is 1.29 bits per heavy atom. The van der Waals surface area contributed by atoms with Gasteiger partial charge in [-0.2, -0.15) is 13.2 Å². The molecular formula is C13H14ClF3O4. The summed E-state index contributed by atoms with van der Waals surface area (Å²) in [4.78, 5) is 10.9. The van der Waals surface area contributed by atoms with Crippen LogP contribution in [0.5, 0.6) is 5.75 Å². The molecule has 1 aromatic rings. The van der Waals surface area contributed by atoms with Gasteiger partial charge in [0.25, 0.3) is 0 Å². The van der Waals surface area contributed by atoms with Crippen molar-refractivity contribution in [3.05, 3.63) is 29.8 Å². The Kier molecular flexibility index (Phi) is 6.77.